The fourth-order valence-corrected chi connectivity index (χ4v) is 4.54. The van der Waals surface area contributed by atoms with Gasteiger partial charge in [-0.1, -0.05) is 29.8 Å². The number of rotatable bonds is 2. The first-order valence-corrected chi connectivity index (χ1v) is 9.21. The van der Waals surface area contributed by atoms with Gasteiger partial charge >= 0.3 is 5.16 Å². The summed E-state index contributed by atoms with van der Waals surface area (Å²) < 4.78 is 4.84. The van der Waals surface area contributed by atoms with Crippen LogP contribution in [0.15, 0.2) is 59.8 Å². The van der Waals surface area contributed by atoms with Crippen molar-refractivity contribution in [3.8, 4) is 16.9 Å². The summed E-state index contributed by atoms with van der Waals surface area (Å²) in [7, 11) is 0. The van der Waals surface area contributed by atoms with E-state index in [9.17, 15) is 0 Å². The fourth-order valence-electron chi connectivity index (χ4n) is 3.25. The Morgan fingerprint density at radius 1 is 1.04 bits per heavy atom. The molecule has 0 aliphatic carbocycles. The zero-order chi connectivity index (χ0) is 15.8. The van der Waals surface area contributed by atoms with Crippen molar-refractivity contribution in [3.05, 3.63) is 65.3 Å². The lowest BCUT2D eigenvalue weighted by molar-refractivity contribution is -0.724. The van der Waals surface area contributed by atoms with E-state index in [0.29, 0.717) is 0 Å². The van der Waals surface area contributed by atoms with Crippen LogP contribution in [-0.2, 0) is 6.54 Å². The van der Waals surface area contributed by atoms with Gasteiger partial charge in [-0.15, -0.1) is 17.0 Å². The lowest BCUT2D eigenvalue weighted by atomic mass is 10.1. The van der Waals surface area contributed by atoms with Crippen LogP contribution in [0.3, 0.4) is 0 Å². The van der Waals surface area contributed by atoms with Crippen LogP contribution in [0.4, 0.5) is 0 Å². The van der Waals surface area contributed by atoms with Gasteiger partial charge in [0.25, 0.3) is 0 Å². The van der Waals surface area contributed by atoms with Crippen molar-refractivity contribution in [2.24, 2.45) is 0 Å². The Labute approximate surface area is 162 Å². The highest BCUT2D eigenvalue weighted by atomic mass is 79.9. The van der Waals surface area contributed by atoms with Crippen molar-refractivity contribution in [1.82, 2.24) is 4.57 Å². The molecule has 1 aliphatic heterocycles. The van der Waals surface area contributed by atoms with Gasteiger partial charge in [-0.3, -0.25) is 0 Å². The number of imidazole rings is 1. The maximum Gasteiger partial charge on any atom is 0.323 e. The summed E-state index contributed by atoms with van der Waals surface area (Å²) >= 11 is 8.01. The average Bonchev–Trinajstić information content (AvgIpc) is 2.88. The van der Waals surface area contributed by atoms with E-state index in [1.165, 1.54) is 40.0 Å². The van der Waals surface area contributed by atoms with Gasteiger partial charge < -0.3 is 0 Å². The average molecular weight is 423 g/mol. The van der Waals surface area contributed by atoms with Gasteiger partial charge in [0.15, 0.2) is 11.4 Å². The molecule has 1 aliphatic rings. The molecule has 0 fully saturated rings. The maximum atomic E-state index is 6.07. The first-order chi connectivity index (χ1) is 11.3. The minimum absolute atomic E-state index is 0. The zero-order valence-corrected chi connectivity index (χ0v) is 16.7. The van der Waals surface area contributed by atoms with Crippen molar-refractivity contribution in [2.45, 2.75) is 25.0 Å². The summed E-state index contributed by atoms with van der Waals surface area (Å²) in [5.74, 6) is 1.18. The molecule has 0 bridgehead atoms. The molecule has 2 nitrogen and oxygen atoms in total. The molecule has 2 aromatic carbocycles. The third-order valence-electron chi connectivity index (χ3n) is 4.26. The number of aromatic nitrogens is 2. The molecule has 0 saturated carbocycles. The van der Waals surface area contributed by atoms with Crippen molar-refractivity contribution < 1.29 is 4.57 Å². The van der Waals surface area contributed by atoms with E-state index in [-0.39, 0.29) is 17.0 Å². The number of hydrogen-bond acceptors (Lipinski definition) is 1. The van der Waals surface area contributed by atoms with E-state index in [1.807, 2.05) is 23.9 Å². The Morgan fingerprint density at radius 3 is 2.46 bits per heavy atom. The molecule has 5 heteroatoms. The van der Waals surface area contributed by atoms with Crippen LogP contribution in [0.1, 0.15) is 12.1 Å². The molecule has 0 radical (unpaired) electrons. The molecule has 1 aromatic heterocycles. The van der Waals surface area contributed by atoms with Crippen LogP contribution >= 0.6 is 40.3 Å². The number of nitrogens with zero attached hydrogens (tertiary/aromatic N) is 2. The number of para-hydroxylation sites is 1. The van der Waals surface area contributed by atoms with Gasteiger partial charge in [0.2, 0.25) is 0 Å². The lowest BCUT2D eigenvalue weighted by Gasteiger charge is -2.10. The Bertz CT molecular complexity index is 844. The normalized spacial score (nSPS) is 13.2. The fraction of sp³-hybridized carbons (Fsp3) is 0.211. The highest BCUT2D eigenvalue weighted by Crippen LogP contribution is 2.32. The molecule has 0 N–H and O–H groups in total. The Kier molecular flexibility index (Phi) is 5.38. The Hall–Kier alpha value is -1.23. The maximum absolute atomic E-state index is 6.07. The highest BCUT2D eigenvalue weighted by Gasteiger charge is 2.32. The third kappa shape index (κ3) is 3.03. The second-order valence-electron chi connectivity index (χ2n) is 5.75. The quantitative estimate of drug-likeness (QED) is 0.498. The molecule has 24 heavy (non-hydrogen) atoms. The van der Waals surface area contributed by atoms with E-state index >= 15 is 0 Å². The number of benzene rings is 2. The van der Waals surface area contributed by atoms with Crippen LogP contribution in [0.2, 0.25) is 5.02 Å². The largest absolute Gasteiger partial charge is 0.323 e. The van der Waals surface area contributed by atoms with Gasteiger partial charge in [-0.25, -0.2) is 4.57 Å². The number of halogens is 2. The van der Waals surface area contributed by atoms with Crippen molar-refractivity contribution in [3.63, 3.8) is 0 Å². The van der Waals surface area contributed by atoms with Gasteiger partial charge in [0.1, 0.15) is 5.69 Å². The summed E-state index contributed by atoms with van der Waals surface area (Å²) in [5, 5.41) is 2.10. The molecule has 124 valence electrons. The number of hydrogen-bond donors (Lipinski definition) is 0. The summed E-state index contributed by atoms with van der Waals surface area (Å²) in [5.41, 5.74) is 5.03. The van der Waals surface area contributed by atoms with E-state index in [4.69, 9.17) is 11.6 Å². The molecular weight excluding hydrogens is 404 g/mol. The summed E-state index contributed by atoms with van der Waals surface area (Å²) in [6.45, 7) is 3.28. The van der Waals surface area contributed by atoms with Gasteiger partial charge in [-0.05, 0) is 54.6 Å². The lowest BCUT2D eigenvalue weighted by Crippen LogP contribution is -2.40. The highest BCUT2D eigenvalue weighted by molar-refractivity contribution is 8.93. The first kappa shape index (κ1) is 17.6. The number of thioether (sulfide) groups is 1. The van der Waals surface area contributed by atoms with E-state index in [0.717, 1.165) is 11.6 Å². The molecule has 0 saturated heterocycles. The summed E-state index contributed by atoms with van der Waals surface area (Å²) in [6.07, 6.45) is 1.21. The topological polar surface area (TPSA) is 8.81 Å². The predicted octanol–water partition coefficient (Wildman–Crippen LogP) is 5.47. The minimum atomic E-state index is 0. The summed E-state index contributed by atoms with van der Waals surface area (Å²) in [6, 6.07) is 18.8. The van der Waals surface area contributed by atoms with E-state index in [1.54, 1.807) is 0 Å². The van der Waals surface area contributed by atoms with Crippen LogP contribution in [0.25, 0.3) is 16.9 Å². The Morgan fingerprint density at radius 2 is 1.75 bits per heavy atom. The van der Waals surface area contributed by atoms with E-state index < -0.39 is 0 Å². The summed E-state index contributed by atoms with van der Waals surface area (Å²) in [4.78, 5) is 0. The molecule has 3 aromatic rings. The van der Waals surface area contributed by atoms with Gasteiger partial charge in [0, 0.05) is 23.3 Å². The van der Waals surface area contributed by atoms with Crippen LogP contribution in [0, 0.1) is 6.92 Å². The molecular formula is C19H19BrClN2S+. The minimum Gasteiger partial charge on any atom is -0.217 e. The van der Waals surface area contributed by atoms with Crippen LogP contribution in [0.5, 0.6) is 0 Å². The van der Waals surface area contributed by atoms with Gasteiger partial charge in [0.05, 0.1) is 6.54 Å². The van der Waals surface area contributed by atoms with E-state index in [2.05, 4.69) is 58.5 Å². The van der Waals surface area contributed by atoms with Gasteiger partial charge in [-0.2, -0.15) is 4.57 Å². The zero-order valence-electron chi connectivity index (χ0n) is 13.4. The SMILES string of the molecule is Br.Cc1c(-c2ccc(Cl)cc2)[n+]2c(n1-c1ccccc1)SCCC2. The second-order valence-corrected chi connectivity index (χ2v) is 7.25. The first-order valence-electron chi connectivity index (χ1n) is 7.85. The van der Waals surface area contributed by atoms with Crippen molar-refractivity contribution in [1.29, 1.82) is 0 Å². The second kappa shape index (κ2) is 7.34. The monoisotopic (exact) mass is 421 g/mol. The van der Waals surface area contributed by atoms with Crippen molar-refractivity contribution in [2.75, 3.05) is 5.75 Å². The standard InChI is InChI=1S/C19H18ClN2S.BrH/c1-14-18(15-8-10-16(20)11-9-15)21-12-5-13-23-19(21)22(14)17-6-3-2-4-7-17;/h2-4,6-11H,5,12-13H2,1H3;1H/q+1;. The predicted molar refractivity (Wildman–Crippen MR) is 107 cm³/mol. The molecule has 4 rings (SSSR count). The third-order valence-corrected chi connectivity index (χ3v) is 5.67. The smallest absolute Gasteiger partial charge is 0.217 e. The molecule has 0 spiro atoms. The van der Waals surface area contributed by atoms with Crippen molar-refractivity contribution >= 4 is 40.3 Å². The number of fused-ring (bicyclic) bond motifs is 1. The molecule has 0 unspecified atom stereocenters. The van der Waals surface area contributed by atoms with Crippen LogP contribution < -0.4 is 4.57 Å². The van der Waals surface area contributed by atoms with Crippen LogP contribution in [-0.4, -0.2) is 10.3 Å². The molecule has 0 atom stereocenters. The Balaban J connectivity index is 0.00000169. The molecule has 2 heterocycles. The molecule has 0 amide bonds.